The normalized spacial score (nSPS) is 13.1. The summed E-state index contributed by atoms with van der Waals surface area (Å²) >= 11 is 7.44. The third-order valence-corrected chi connectivity index (χ3v) is 5.67. The van der Waals surface area contributed by atoms with Crippen molar-refractivity contribution in [1.82, 2.24) is 9.88 Å². The van der Waals surface area contributed by atoms with Gasteiger partial charge in [-0.2, -0.15) is 0 Å². The molecule has 8 heteroatoms. The molecule has 146 valence electrons. The van der Waals surface area contributed by atoms with Crippen LogP contribution < -0.4 is 14.4 Å². The van der Waals surface area contributed by atoms with Crippen LogP contribution in [-0.2, 0) is 0 Å². The summed E-state index contributed by atoms with van der Waals surface area (Å²) in [5.41, 5.74) is 1.37. The summed E-state index contributed by atoms with van der Waals surface area (Å²) in [6, 6.07) is 10.7. The maximum atomic E-state index is 13.2. The number of ether oxygens (including phenoxy) is 2. The van der Waals surface area contributed by atoms with Crippen LogP contribution in [0.25, 0.3) is 10.2 Å². The molecule has 0 bridgehead atoms. The summed E-state index contributed by atoms with van der Waals surface area (Å²) in [6.07, 6.45) is 0. The molecule has 0 atom stereocenters. The van der Waals surface area contributed by atoms with Gasteiger partial charge in [0.05, 0.1) is 10.2 Å². The van der Waals surface area contributed by atoms with Crippen LogP contribution in [0.5, 0.6) is 11.5 Å². The first kappa shape index (κ1) is 19.0. The molecule has 6 nitrogen and oxygen atoms in total. The van der Waals surface area contributed by atoms with Crippen molar-refractivity contribution in [3.05, 3.63) is 47.0 Å². The highest BCUT2D eigenvalue weighted by Gasteiger charge is 2.23. The molecular formula is C20H20ClN3O3S. The van der Waals surface area contributed by atoms with Gasteiger partial charge in [-0.15, -0.1) is 0 Å². The second-order valence-corrected chi connectivity index (χ2v) is 8.17. The van der Waals surface area contributed by atoms with Gasteiger partial charge in [-0.25, -0.2) is 4.98 Å². The first-order valence-corrected chi connectivity index (χ1v) is 10.1. The molecule has 0 unspecified atom stereocenters. The summed E-state index contributed by atoms with van der Waals surface area (Å²) in [5.74, 6) is 1.31. The number of benzene rings is 2. The van der Waals surface area contributed by atoms with Gasteiger partial charge in [0.15, 0.2) is 16.6 Å². The number of carbonyl (C=O) groups is 1. The zero-order valence-corrected chi connectivity index (χ0v) is 17.2. The Kier molecular flexibility index (Phi) is 5.39. The Morgan fingerprint density at radius 2 is 1.79 bits per heavy atom. The molecule has 0 radical (unpaired) electrons. The van der Waals surface area contributed by atoms with Crippen LogP contribution in [0, 0.1) is 0 Å². The Morgan fingerprint density at radius 1 is 1.11 bits per heavy atom. The van der Waals surface area contributed by atoms with E-state index >= 15 is 0 Å². The highest BCUT2D eigenvalue weighted by molar-refractivity contribution is 7.22. The molecule has 28 heavy (non-hydrogen) atoms. The van der Waals surface area contributed by atoms with Gasteiger partial charge in [-0.3, -0.25) is 9.69 Å². The molecule has 2 aromatic carbocycles. The minimum atomic E-state index is -0.102. The number of halogens is 1. The van der Waals surface area contributed by atoms with Crippen molar-refractivity contribution < 1.29 is 14.3 Å². The van der Waals surface area contributed by atoms with E-state index in [-0.39, 0.29) is 5.91 Å². The van der Waals surface area contributed by atoms with E-state index in [0.29, 0.717) is 41.2 Å². The molecule has 1 amide bonds. The second-order valence-electron chi connectivity index (χ2n) is 6.73. The van der Waals surface area contributed by atoms with E-state index in [1.807, 2.05) is 31.1 Å². The van der Waals surface area contributed by atoms with Gasteiger partial charge in [0.2, 0.25) is 0 Å². The van der Waals surface area contributed by atoms with Crippen molar-refractivity contribution in [3.8, 4) is 11.5 Å². The Bertz CT molecular complexity index is 961. The van der Waals surface area contributed by atoms with Gasteiger partial charge >= 0.3 is 0 Å². The predicted molar refractivity (Wildman–Crippen MR) is 112 cm³/mol. The summed E-state index contributed by atoms with van der Waals surface area (Å²) in [5, 5.41) is 1.25. The van der Waals surface area contributed by atoms with Crippen LogP contribution in [0.1, 0.15) is 10.4 Å². The first-order valence-electron chi connectivity index (χ1n) is 8.93. The van der Waals surface area contributed by atoms with Gasteiger partial charge < -0.3 is 14.4 Å². The maximum absolute atomic E-state index is 13.2. The first-order chi connectivity index (χ1) is 13.5. The van der Waals surface area contributed by atoms with E-state index in [4.69, 9.17) is 26.1 Å². The summed E-state index contributed by atoms with van der Waals surface area (Å²) in [6.45, 7) is 2.31. The molecule has 2 heterocycles. The Balaban J connectivity index is 1.70. The van der Waals surface area contributed by atoms with Crippen molar-refractivity contribution >= 4 is 44.2 Å². The Labute approximate surface area is 172 Å². The van der Waals surface area contributed by atoms with Crippen LogP contribution in [0.4, 0.5) is 5.13 Å². The fraction of sp³-hybridized carbons (Fsp3) is 0.300. The fourth-order valence-corrected chi connectivity index (χ4v) is 4.03. The molecule has 0 saturated heterocycles. The number of nitrogens with zero attached hydrogens (tertiary/aromatic N) is 3. The number of amides is 1. The van der Waals surface area contributed by atoms with Crippen LogP contribution in [-0.4, -0.2) is 56.2 Å². The molecular weight excluding hydrogens is 398 g/mol. The number of fused-ring (bicyclic) bond motifs is 2. The quantitative estimate of drug-likeness (QED) is 0.629. The smallest absolute Gasteiger partial charge is 0.260 e. The molecule has 1 aliphatic rings. The summed E-state index contributed by atoms with van der Waals surface area (Å²) in [4.78, 5) is 21.6. The SMILES string of the molecule is CN(C)CCN(C(=O)c1ccc(Cl)cc1)c1nc2cc3c(cc2s1)OCCO3. The van der Waals surface area contributed by atoms with E-state index in [9.17, 15) is 4.79 Å². The van der Waals surface area contributed by atoms with Gasteiger partial charge in [0, 0.05) is 35.8 Å². The molecule has 0 saturated carbocycles. The summed E-state index contributed by atoms with van der Waals surface area (Å²) < 4.78 is 12.3. The summed E-state index contributed by atoms with van der Waals surface area (Å²) in [7, 11) is 3.96. The number of anilines is 1. The van der Waals surface area contributed by atoms with Crippen molar-refractivity contribution in [2.24, 2.45) is 0 Å². The average molecular weight is 418 g/mol. The van der Waals surface area contributed by atoms with E-state index in [0.717, 1.165) is 22.5 Å². The largest absolute Gasteiger partial charge is 0.486 e. The number of hydrogen-bond donors (Lipinski definition) is 0. The lowest BCUT2D eigenvalue weighted by molar-refractivity contribution is 0.0985. The van der Waals surface area contributed by atoms with Gasteiger partial charge in [0.25, 0.3) is 5.91 Å². The zero-order valence-electron chi connectivity index (χ0n) is 15.6. The molecule has 4 rings (SSSR count). The van der Waals surface area contributed by atoms with Crippen molar-refractivity contribution in [2.75, 3.05) is 45.3 Å². The number of thiazole rings is 1. The lowest BCUT2D eigenvalue weighted by Crippen LogP contribution is -2.36. The maximum Gasteiger partial charge on any atom is 0.260 e. The highest BCUT2D eigenvalue weighted by Crippen LogP contribution is 2.39. The molecule has 1 aromatic heterocycles. The predicted octanol–water partition coefficient (Wildman–Crippen LogP) is 3.93. The van der Waals surface area contributed by atoms with E-state index in [1.165, 1.54) is 11.3 Å². The number of carbonyl (C=O) groups excluding carboxylic acids is 1. The number of hydrogen-bond acceptors (Lipinski definition) is 6. The van der Waals surface area contributed by atoms with Gasteiger partial charge in [0.1, 0.15) is 13.2 Å². The second kappa shape index (κ2) is 7.95. The Hall–Kier alpha value is -2.35. The number of rotatable bonds is 5. The molecule has 0 spiro atoms. The van der Waals surface area contributed by atoms with E-state index < -0.39 is 0 Å². The minimum Gasteiger partial charge on any atom is -0.486 e. The van der Waals surface area contributed by atoms with Gasteiger partial charge in [-0.1, -0.05) is 22.9 Å². The minimum absolute atomic E-state index is 0.102. The van der Waals surface area contributed by atoms with Crippen molar-refractivity contribution in [2.45, 2.75) is 0 Å². The monoisotopic (exact) mass is 417 g/mol. The lowest BCUT2D eigenvalue weighted by Gasteiger charge is -2.22. The van der Waals surface area contributed by atoms with Crippen LogP contribution >= 0.6 is 22.9 Å². The lowest BCUT2D eigenvalue weighted by atomic mass is 10.2. The molecule has 0 fully saturated rings. The standard InChI is InChI=1S/C20H20ClN3O3S/c1-23(2)7-8-24(19(25)13-3-5-14(21)6-4-13)20-22-15-11-16-17(12-18(15)28-20)27-10-9-26-16/h3-6,11-12H,7-10H2,1-2H3. The highest BCUT2D eigenvalue weighted by atomic mass is 35.5. The Morgan fingerprint density at radius 3 is 2.46 bits per heavy atom. The van der Waals surface area contributed by atoms with Crippen LogP contribution in [0.15, 0.2) is 36.4 Å². The molecule has 0 aliphatic carbocycles. The zero-order chi connectivity index (χ0) is 19.7. The third-order valence-electron chi connectivity index (χ3n) is 4.38. The fourth-order valence-electron chi connectivity index (χ4n) is 2.90. The van der Waals surface area contributed by atoms with E-state index in [1.54, 1.807) is 29.2 Å². The molecule has 0 N–H and O–H groups in total. The third kappa shape index (κ3) is 3.92. The molecule has 1 aliphatic heterocycles. The van der Waals surface area contributed by atoms with Crippen molar-refractivity contribution in [1.29, 1.82) is 0 Å². The van der Waals surface area contributed by atoms with E-state index in [2.05, 4.69) is 0 Å². The number of likely N-dealkylation sites (N-methyl/N-ethyl adjacent to an activating group) is 1. The number of aromatic nitrogens is 1. The van der Waals surface area contributed by atoms with Crippen LogP contribution in [0.2, 0.25) is 5.02 Å². The molecule has 3 aromatic rings. The van der Waals surface area contributed by atoms with Gasteiger partial charge in [-0.05, 0) is 38.4 Å². The van der Waals surface area contributed by atoms with Crippen molar-refractivity contribution in [3.63, 3.8) is 0 Å². The average Bonchev–Trinajstić information content (AvgIpc) is 3.08. The van der Waals surface area contributed by atoms with Crippen LogP contribution in [0.3, 0.4) is 0 Å². The topological polar surface area (TPSA) is 54.9 Å².